The number of amides is 1. The molecule has 0 radical (unpaired) electrons. The Hall–Kier alpha value is -2.03. The van der Waals surface area contributed by atoms with E-state index in [-0.39, 0.29) is 5.75 Å². The Balaban J connectivity index is 1.99. The highest BCUT2D eigenvalue weighted by atomic mass is 32.2. The summed E-state index contributed by atoms with van der Waals surface area (Å²) in [7, 11) is 1.74. The molecule has 1 aromatic heterocycles. The number of nitrogens with zero attached hydrogens (tertiary/aromatic N) is 3. The van der Waals surface area contributed by atoms with Gasteiger partial charge in [-0.15, -0.1) is 10.2 Å². The maximum absolute atomic E-state index is 13.4. The van der Waals surface area contributed by atoms with Crippen LogP contribution in [0.3, 0.4) is 0 Å². The van der Waals surface area contributed by atoms with E-state index in [2.05, 4.69) is 15.5 Å². The standard InChI is InChI=1S/C12H11F3N4OS/c1-6-17-18-12(19(6)2)21-5-9(20)16-8-4-3-7(13)10(14)11(8)15/h3-4H,5H2,1-2H3,(H,16,20). The lowest BCUT2D eigenvalue weighted by Crippen LogP contribution is -2.16. The van der Waals surface area contributed by atoms with Crippen molar-refractivity contribution in [2.24, 2.45) is 7.05 Å². The van der Waals surface area contributed by atoms with E-state index >= 15 is 0 Å². The van der Waals surface area contributed by atoms with Crippen LogP contribution in [-0.4, -0.2) is 26.4 Å². The number of anilines is 1. The smallest absolute Gasteiger partial charge is 0.234 e. The monoisotopic (exact) mass is 316 g/mol. The van der Waals surface area contributed by atoms with Crippen LogP contribution in [-0.2, 0) is 11.8 Å². The zero-order valence-corrected chi connectivity index (χ0v) is 12.0. The predicted octanol–water partition coefficient (Wildman–Crippen LogP) is 2.27. The van der Waals surface area contributed by atoms with Crippen molar-refractivity contribution >= 4 is 23.4 Å². The molecule has 0 spiro atoms. The molecule has 0 unspecified atom stereocenters. The van der Waals surface area contributed by atoms with Crippen molar-refractivity contribution in [3.05, 3.63) is 35.4 Å². The first-order valence-electron chi connectivity index (χ1n) is 5.82. The molecular formula is C12H11F3N4OS. The summed E-state index contributed by atoms with van der Waals surface area (Å²) in [6.45, 7) is 1.76. The molecule has 0 saturated heterocycles. The van der Waals surface area contributed by atoms with Gasteiger partial charge in [-0.05, 0) is 19.1 Å². The number of hydrogen-bond donors (Lipinski definition) is 1. The molecule has 1 N–H and O–H groups in total. The number of nitrogens with one attached hydrogen (secondary N) is 1. The maximum atomic E-state index is 13.4. The molecule has 5 nitrogen and oxygen atoms in total. The van der Waals surface area contributed by atoms with Gasteiger partial charge in [0.15, 0.2) is 22.6 Å². The van der Waals surface area contributed by atoms with Gasteiger partial charge in [-0.25, -0.2) is 13.2 Å². The molecule has 1 aromatic carbocycles. The summed E-state index contributed by atoms with van der Waals surface area (Å²) in [4.78, 5) is 11.7. The van der Waals surface area contributed by atoms with Crippen molar-refractivity contribution in [3.8, 4) is 0 Å². The predicted molar refractivity (Wildman–Crippen MR) is 71.4 cm³/mol. The molecule has 112 valence electrons. The molecule has 0 atom stereocenters. The van der Waals surface area contributed by atoms with E-state index in [1.165, 1.54) is 0 Å². The van der Waals surface area contributed by atoms with E-state index < -0.39 is 29.0 Å². The Morgan fingerprint density at radius 1 is 1.29 bits per heavy atom. The van der Waals surface area contributed by atoms with Crippen molar-refractivity contribution in [2.45, 2.75) is 12.1 Å². The Bertz CT molecular complexity index is 689. The van der Waals surface area contributed by atoms with Gasteiger partial charge < -0.3 is 9.88 Å². The van der Waals surface area contributed by atoms with E-state index in [0.717, 1.165) is 23.9 Å². The summed E-state index contributed by atoms with van der Waals surface area (Å²) in [5.74, 6) is -4.30. The minimum absolute atomic E-state index is 0.0651. The second kappa shape index (κ2) is 6.17. The fourth-order valence-corrected chi connectivity index (χ4v) is 2.21. The van der Waals surface area contributed by atoms with Crippen molar-refractivity contribution in [1.29, 1.82) is 0 Å². The normalized spacial score (nSPS) is 10.7. The van der Waals surface area contributed by atoms with Crippen molar-refractivity contribution in [2.75, 3.05) is 11.1 Å². The van der Waals surface area contributed by atoms with E-state index in [4.69, 9.17) is 0 Å². The highest BCUT2D eigenvalue weighted by Crippen LogP contribution is 2.20. The third-order valence-corrected chi connectivity index (χ3v) is 3.71. The zero-order valence-electron chi connectivity index (χ0n) is 11.2. The SMILES string of the molecule is Cc1nnc(SCC(=O)Nc2ccc(F)c(F)c2F)n1C. The maximum Gasteiger partial charge on any atom is 0.234 e. The van der Waals surface area contributed by atoms with Crippen LogP contribution < -0.4 is 5.32 Å². The highest BCUT2D eigenvalue weighted by molar-refractivity contribution is 7.99. The van der Waals surface area contributed by atoms with Gasteiger partial charge in [0.2, 0.25) is 5.91 Å². The molecule has 2 rings (SSSR count). The van der Waals surface area contributed by atoms with Crippen LogP contribution in [0.1, 0.15) is 5.82 Å². The number of halogens is 3. The number of thioether (sulfide) groups is 1. The van der Waals surface area contributed by atoms with Crippen LogP contribution in [0.2, 0.25) is 0 Å². The number of hydrogen-bond acceptors (Lipinski definition) is 4. The third-order valence-electron chi connectivity index (χ3n) is 2.69. The van der Waals surface area contributed by atoms with Gasteiger partial charge >= 0.3 is 0 Å². The fraction of sp³-hybridized carbons (Fsp3) is 0.250. The highest BCUT2D eigenvalue weighted by Gasteiger charge is 2.16. The molecule has 1 heterocycles. The minimum Gasteiger partial charge on any atom is -0.323 e. The summed E-state index contributed by atoms with van der Waals surface area (Å²) in [5, 5.41) is 10.4. The Morgan fingerprint density at radius 2 is 2.00 bits per heavy atom. The first-order valence-corrected chi connectivity index (χ1v) is 6.81. The van der Waals surface area contributed by atoms with Crippen LogP contribution in [0, 0.1) is 24.4 Å². The van der Waals surface area contributed by atoms with Gasteiger partial charge in [0.25, 0.3) is 0 Å². The second-order valence-electron chi connectivity index (χ2n) is 4.15. The lowest BCUT2D eigenvalue weighted by atomic mass is 10.3. The number of rotatable bonds is 4. The van der Waals surface area contributed by atoms with Crippen LogP contribution >= 0.6 is 11.8 Å². The summed E-state index contributed by atoms with van der Waals surface area (Å²) in [6, 6.07) is 1.70. The van der Waals surface area contributed by atoms with E-state index in [1.807, 2.05) is 0 Å². The average Bonchev–Trinajstić information content (AvgIpc) is 2.77. The summed E-state index contributed by atoms with van der Waals surface area (Å²) < 4.78 is 40.9. The Morgan fingerprint density at radius 3 is 2.62 bits per heavy atom. The van der Waals surface area contributed by atoms with Crippen molar-refractivity contribution in [3.63, 3.8) is 0 Å². The molecule has 0 aliphatic rings. The Labute approximate surface area is 122 Å². The van der Waals surface area contributed by atoms with Crippen LogP contribution in [0.4, 0.5) is 18.9 Å². The molecule has 9 heteroatoms. The lowest BCUT2D eigenvalue weighted by Gasteiger charge is -2.07. The van der Waals surface area contributed by atoms with Crippen LogP contribution in [0.15, 0.2) is 17.3 Å². The molecular weight excluding hydrogens is 305 g/mol. The third kappa shape index (κ3) is 3.35. The molecule has 0 aliphatic heterocycles. The number of benzene rings is 1. The quantitative estimate of drug-likeness (QED) is 0.694. The second-order valence-corrected chi connectivity index (χ2v) is 5.09. The van der Waals surface area contributed by atoms with Gasteiger partial charge in [0, 0.05) is 7.05 Å². The largest absolute Gasteiger partial charge is 0.323 e. The number of carbonyl (C=O) groups excluding carboxylic acids is 1. The van der Waals surface area contributed by atoms with E-state index in [1.54, 1.807) is 18.5 Å². The Kier molecular flexibility index (Phi) is 4.51. The summed E-state index contributed by atoms with van der Waals surface area (Å²) in [5.41, 5.74) is -0.409. The minimum atomic E-state index is -1.62. The molecule has 2 aromatic rings. The zero-order chi connectivity index (χ0) is 15.6. The van der Waals surface area contributed by atoms with Gasteiger partial charge in [-0.2, -0.15) is 0 Å². The molecule has 0 saturated carbocycles. The first-order chi connectivity index (χ1) is 9.90. The van der Waals surface area contributed by atoms with Crippen molar-refractivity contribution in [1.82, 2.24) is 14.8 Å². The van der Waals surface area contributed by atoms with Crippen LogP contribution in [0.5, 0.6) is 0 Å². The van der Waals surface area contributed by atoms with Gasteiger partial charge in [0.1, 0.15) is 5.82 Å². The average molecular weight is 316 g/mol. The first kappa shape index (κ1) is 15.4. The molecule has 0 aliphatic carbocycles. The number of aromatic nitrogens is 3. The van der Waals surface area contributed by atoms with Crippen molar-refractivity contribution < 1.29 is 18.0 Å². The van der Waals surface area contributed by atoms with Crippen LogP contribution in [0.25, 0.3) is 0 Å². The number of aryl methyl sites for hydroxylation is 1. The summed E-state index contributed by atoms with van der Waals surface area (Å²) in [6.07, 6.45) is 0. The topological polar surface area (TPSA) is 59.8 Å². The van der Waals surface area contributed by atoms with E-state index in [0.29, 0.717) is 11.0 Å². The lowest BCUT2D eigenvalue weighted by molar-refractivity contribution is -0.113. The molecule has 0 bridgehead atoms. The van der Waals surface area contributed by atoms with Gasteiger partial charge in [0.05, 0.1) is 11.4 Å². The molecule has 21 heavy (non-hydrogen) atoms. The van der Waals surface area contributed by atoms with Gasteiger partial charge in [-0.1, -0.05) is 11.8 Å². The summed E-state index contributed by atoms with van der Waals surface area (Å²) >= 11 is 1.10. The number of carbonyl (C=O) groups is 1. The molecule has 0 fully saturated rings. The fourth-order valence-electron chi connectivity index (χ4n) is 1.45. The molecule has 1 amide bonds. The van der Waals surface area contributed by atoms with Gasteiger partial charge in [-0.3, -0.25) is 4.79 Å². The van der Waals surface area contributed by atoms with E-state index in [9.17, 15) is 18.0 Å².